The number of hydrogen-bond donors (Lipinski definition) is 1. The van der Waals surface area contributed by atoms with Gasteiger partial charge in [-0.05, 0) is 70.0 Å². The smallest absolute Gasteiger partial charge is 0.243 e. The first-order valence-corrected chi connectivity index (χ1v) is 13.2. The van der Waals surface area contributed by atoms with Gasteiger partial charge in [0.25, 0.3) is 0 Å². The van der Waals surface area contributed by atoms with Crippen molar-refractivity contribution in [3.63, 3.8) is 0 Å². The van der Waals surface area contributed by atoms with E-state index in [9.17, 15) is 13.2 Å². The molecule has 2 aromatic rings. The molecular formula is C26H37N3O3S. The first kappa shape index (κ1) is 25.4. The van der Waals surface area contributed by atoms with Crippen molar-refractivity contribution in [2.24, 2.45) is 5.92 Å². The number of likely N-dealkylation sites (N-methyl/N-ethyl adjacent to an activating group) is 1. The number of nitrogens with one attached hydrogen (secondary N) is 1. The molecule has 33 heavy (non-hydrogen) atoms. The molecule has 0 saturated carbocycles. The van der Waals surface area contributed by atoms with Crippen molar-refractivity contribution in [2.45, 2.75) is 51.0 Å². The normalized spacial score (nSPS) is 16.7. The maximum absolute atomic E-state index is 13.1. The average molecular weight is 472 g/mol. The minimum absolute atomic E-state index is 0.00981. The maximum atomic E-state index is 13.1. The molecule has 1 N–H and O–H groups in total. The van der Waals surface area contributed by atoms with Crippen molar-refractivity contribution < 1.29 is 13.2 Å². The van der Waals surface area contributed by atoms with Crippen LogP contribution in [-0.2, 0) is 21.2 Å². The zero-order valence-corrected chi connectivity index (χ0v) is 21.3. The Hall–Kier alpha value is -2.22. The highest BCUT2D eigenvalue weighted by Crippen LogP contribution is 2.26. The summed E-state index contributed by atoms with van der Waals surface area (Å²) >= 11 is 0. The third kappa shape index (κ3) is 6.02. The van der Waals surface area contributed by atoms with Crippen LogP contribution < -0.4 is 5.32 Å². The number of sulfonamides is 1. The summed E-state index contributed by atoms with van der Waals surface area (Å²) < 4.78 is 27.7. The van der Waals surface area contributed by atoms with Gasteiger partial charge in [0.15, 0.2) is 0 Å². The maximum Gasteiger partial charge on any atom is 0.243 e. The number of aryl methyl sites for hydroxylation is 3. The summed E-state index contributed by atoms with van der Waals surface area (Å²) in [4.78, 5) is 15.3. The SMILES string of the molecule is CCc1ccc([C@H](CNC(=O)C2CCN(S(=O)(=O)c3ccc(C)cc3C)CC2)N(C)C)cc1. The molecular weight excluding hydrogens is 434 g/mol. The third-order valence-electron chi connectivity index (χ3n) is 6.64. The number of carbonyl (C=O) groups is 1. The van der Waals surface area contributed by atoms with E-state index in [0.717, 1.165) is 17.5 Å². The van der Waals surface area contributed by atoms with Gasteiger partial charge in [0.1, 0.15) is 0 Å². The Bertz CT molecular complexity index is 1060. The van der Waals surface area contributed by atoms with Crippen molar-refractivity contribution in [2.75, 3.05) is 33.7 Å². The van der Waals surface area contributed by atoms with Crippen LogP contribution >= 0.6 is 0 Å². The zero-order valence-electron chi connectivity index (χ0n) is 20.5. The second-order valence-electron chi connectivity index (χ2n) is 9.27. The van der Waals surface area contributed by atoms with Gasteiger partial charge in [-0.15, -0.1) is 0 Å². The van der Waals surface area contributed by atoms with E-state index in [1.165, 1.54) is 15.4 Å². The molecule has 1 amide bonds. The fourth-order valence-electron chi connectivity index (χ4n) is 4.50. The van der Waals surface area contributed by atoms with Gasteiger partial charge < -0.3 is 10.2 Å². The van der Waals surface area contributed by atoms with Crippen LogP contribution in [0.1, 0.15) is 48.1 Å². The molecule has 1 atom stereocenters. The summed E-state index contributed by atoms with van der Waals surface area (Å²) in [6.45, 7) is 7.17. The number of nitrogens with zero attached hydrogens (tertiary/aromatic N) is 2. The minimum atomic E-state index is -3.54. The van der Waals surface area contributed by atoms with Gasteiger partial charge in [0.05, 0.1) is 10.9 Å². The highest BCUT2D eigenvalue weighted by molar-refractivity contribution is 7.89. The molecule has 0 unspecified atom stereocenters. The number of amides is 1. The minimum Gasteiger partial charge on any atom is -0.354 e. The Morgan fingerprint density at radius 3 is 2.27 bits per heavy atom. The summed E-state index contributed by atoms with van der Waals surface area (Å²) in [6.07, 6.45) is 2.07. The van der Waals surface area contributed by atoms with Crippen molar-refractivity contribution in [1.29, 1.82) is 0 Å². The van der Waals surface area contributed by atoms with Crippen molar-refractivity contribution >= 4 is 15.9 Å². The lowest BCUT2D eigenvalue weighted by Gasteiger charge is -2.32. The highest BCUT2D eigenvalue weighted by Gasteiger charge is 2.33. The fourth-order valence-corrected chi connectivity index (χ4v) is 6.18. The molecule has 1 aliphatic heterocycles. The van der Waals surface area contributed by atoms with Crippen molar-refractivity contribution in [3.8, 4) is 0 Å². The number of piperidine rings is 1. The van der Waals surface area contributed by atoms with E-state index >= 15 is 0 Å². The second-order valence-corrected chi connectivity index (χ2v) is 11.2. The lowest BCUT2D eigenvalue weighted by molar-refractivity contribution is -0.126. The molecule has 2 aromatic carbocycles. The number of benzene rings is 2. The predicted octanol–water partition coefficient (Wildman–Crippen LogP) is 3.69. The monoisotopic (exact) mass is 471 g/mol. The van der Waals surface area contributed by atoms with Crippen LogP contribution in [0.3, 0.4) is 0 Å². The highest BCUT2D eigenvalue weighted by atomic mass is 32.2. The summed E-state index contributed by atoms with van der Waals surface area (Å²) in [5, 5.41) is 3.11. The third-order valence-corrected chi connectivity index (χ3v) is 8.70. The molecule has 0 aliphatic carbocycles. The van der Waals surface area contributed by atoms with Gasteiger partial charge in [0, 0.05) is 25.6 Å². The van der Waals surface area contributed by atoms with Gasteiger partial charge >= 0.3 is 0 Å². The summed E-state index contributed by atoms with van der Waals surface area (Å²) in [5.74, 6) is -0.156. The van der Waals surface area contributed by atoms with Crippen LogP contribution in [0.2, 0.25) is 0 Å². The predicted molar refractivity (Wildman–Crippen MR) is 133 cm³/mol. The van der Waals surface area contributed by atoms with E-state index in [-0.39, 0.29) is 17.9 Å². The first-order valence-electron chi connectivity index (χ1n) is 11.7. The van der Waals surface area contributed by atoms with Gasteiger partial charge in [-0.2, -0.15) is 4.31 Å². The molecule has 0 radical (unpaired) electrons. The van der Waals surface area contributed by atoms with E-state index < -0.39 is 10.0 Å². The van der Waals surface area contributed by atoms with Crippen LogP contribution in [0.4, 0.5) is 0 Å². The lowest BCUT2D eigenvalue weighted by Crippen LogP contribution is -2.44. The number of rotatable bonds is 8. The van der Waals surface area contributed by atoms with E-state index in [4.69, 9.17) is 0 Å². The Balaban J connectivity index is 1.58. The van der Waals surface area contributed by atoms with Crippen LogP contribution in [-0.4, -0.2) is 57.3 Å². The van der Waals surface area contributed by atoms with Gasteiger partial charge in [-0.25, -0.2) is 8.42 Å². The molecule has 1 fully saturated rings. The summed E-state index contributed by atoms with van der Waals surface area (Å²) in [7, 11) is 0.487. The molecule has 7 heteroatoms. The van der Waals surface area contributed by atoms with Gasteiger partial charge in [-0.1, -0.05) is 48.9 Å². The average Bonchev–Trinajstić information content (AvgIpc) is 2.79. The summed E-state index contributed by atoms with van der Waals surface area (Å²) in [6, 6.07) is 14.0. The molecule has 0 aromatic heterocycles. The second kappa shape index (κ2) is 10.8. The molecule has 0 bridgehead atoms. The van der Waals surface area contributed by atoms with Crippen LogP contribution in [0.25, 0.3) is 0 Å². The Morgan fingerprint density at radius 1 is 1.09 bits per heavy atom. The van der Waals surface area contributed by atoms with E-state index in [1.807, 2.05) is 40.1 Å². The largest absolute Gasteiger partial charge is 0.354 e. The van der Waals surface area contributed by atoms with Crippen LogP contribution in [0.15, 0.2) is 47.4 Å². The van der Waals surface area contributed by atoms with Crippen LogP contribution in [0.5, 0.6) is 0 Å². The number of hydrogen-bond acceptors (Lipinski definition) is 4. The van der Waals surface area contributed by atoms with Crippen molar-refractivity contribution in [1.82, 2.24) is 14.5 Å². The number of carbonyl (C=O) groups excluding carboxylic acids is 1. The molecule has 3 rings (SSSR count). The van der Waals surface area contributed by atoms with Gasteiger partial charge in [0.2, 0.25) is 15.9 Å². The topological polar surface area (TPSA) is 69.7 Å². The van der Waals surface area contributed by atoms with Gasteiger partial charge in [-0.3, -0.25) is 4.79 Å². The van der Waals surface area contributed by atoms with E-state index in [2.05, 4.69) is 41.4 Å². The summed E-state index contributed by atoms with van der Waals surface area (Å²) in [5.41, 5.74) is 4.27. The Labute approximate surface area is 199 Å². The molecule has 6 nitrogen and oxygen atoms in total. The van der Waals surface area contributed by atoms with Crippen molar-refractivity contribution in [3.05, 3.63) is 64.7 Å². The Morgan fingerprint density at radius 2 is 1.73 bits per heavy atom. The quantitative estimate of drug-likeness (QED) is 0.638. The Kier molecular flexibility index (Phi) is 8.32. The lowest BCUT2D eigenvalue weighted by atomic mass is 9.96. The zero-order chi connectivity index (χ0) is 24.2. The first-order chi connectivity index (χ1) is 15.6. The standard InChI is InChI=1S/C26H37N3O3S/c1-6-21-8-10-22(11-9-21)24(28(4)5)18-27-26(30)23-13-15-29(16-14-23)33(31,32)25-12-7-19(2)17-20(25)3/h7-12,17,23-24H,6,13-16,18H2,1-5H3,(H,27,30)/t24-/m0/s1. The fraction of sp³-hybridized carbons (Fsp3) is 0.500. The molecule has 0 spiro atoms. The molecule has 180 valence electrons. The van der Waals surface area contributed by atoms with E-state index in [1.54, 1.807) is 6.07 Å². The van der Waals surface area contributed by atoms with E-state index in [0.29, 0.717) is 37.4 Å². The molecule has 1 saturated heterocycles. The van der Waals surface area contributed by atoms with Crippen LogP contribution in [0, 0.1) is 19.8 Å². The molecule has 1 aliphatic rings. The molecule has 1 heterocycles.